The van der Waals surface area contributed by atoms with Crippen molar-refractivity contribution in [1.82, 2.24) is 0 Å². The van der Waals surface area contributed by atoms with Gasteiger partial charge in [0, 0.05) is 11.8 Å². The fourth-order valence-corrected chi connectivity index (χ4v) is 4.40. The maximum Gasteiger partial charge on any atom is 0.248 e. The zero-order valence-corrected chi connectivity index (χ0v) is 18.7. The summed E-state index contributed by atoms with van der Waals surface area (Å²) in [5, 5.41) is 2.84. The molecular formula is C22H30N2O4S. The molecule has 2 aromatic carbocycles. The molecule has 29 heavy (non-hydrogen) atoms. The minimum atomic E-state index is -3.68. The van der Waals surface area contributed by atoms with Crippen molar-refractivity contribution >= 4 is 27.3 Å². The van der Waals surface area contributed by atoms with Crippen molar-refractivity contribution in [3.05, 3.63) is 53.6 Å². The van der Waals surface area contributed by atoms with Crippen molar-refractivity contribution < 1.29 is 17.9 Å². The maximum absolute atomic E-state index is 13.1. The molecular weight excluding hydrogens is 388 g/mol. The third-order valence-electron chi connectivity index (χ3n) is 4.41. The van der Waals surface area contributed by atoms with Gasteiger partial charge in [-0.15, -0.1) is 0 Å². The number of nitrogens with zero attached hydrogens (tertiary/aromatic N) is 1. The van der Waals surface area contributed by atoms with Gasteiger partial charge in [0.05, 0.1) is 18.0 Å². The lowest BCUT2D eigenvalue weighted by Gasteiger charge is -2.31. The number of aryl methyl sites for hydroxylation is 2. The fraction of sp³-hybridized carbons (Fsp3) is 0.409. The molecule has 2 rings (SSSR count). The molecule has 0 fully saturated rings. The first kappa shape index (κ1) is 22.7. The summed E-state index contributed by atoms with van der Waals surface area (Å²) in [7, 11) is -3.68. The van der Waals surface area contributed by atoms with Crippen LogP contribution < -0.4 is 14.4 Å². The molecule has 0 heterocycles. The summed E-state index contributed by atoms with van der Waals surface area (Å²) in [6.07, 6.45) is 1.46. The Morgan fingerprint density at radius 1 is 1.14 bits per heavy atom. The van der Waals surface area contributed by atoms with Crippen molar-refractivity contribution in [3.63, 3.8) is 0 Å². The number of ether oxygens (including phenoxy) is 1. The first-order valence-electron chi connectivity index (χ1n) is 9.67. The van der Waals surface area contributed by atoms with Gasteiger partial charge in [0.1, 0.15) is 11.8 Å². The number of sulfonamides is 1. The van der Waals surface area contributed by atoms with Gasteiger partial charge in [0.2, 0.25) is 15.9 Å². The van der Waals surface area contributed by atoms with Crippen molar-refractivity contribution in [1.29, 1.82) is 0 Å². The molecule has 0 aliphatic carbocycles. The molecule has 7 heteroatoms. The van der Waals surface area contributed by atoms with E-state index >= 15 is 0 Å². The van der Waals surface area contributed by atoms with Gasteiger partial charge in [-0.2, -0.15) is 0 Å². The Kier molecular flexibility index (Phi) is 7.30. The molecule has 0 radical (unpaired) electrons. The first-order chi connectivity index (χ1) is 13.5. The number of nitrogens with one attached hydrogen (secondary N) is 1. The zero-order chi connectivity index (χ0) is 21.8. The Morgan fingerprint density at radius 3 is 2.41 bits per heavy atom. The summed E-state index contributed by atoms with van der Waals surface area (Å²) < 4.78 is 32.2. The first-order valence-corrected chi connectivity index (χ1v) is 11.5. The van der Waals surface area contributed by atoms with Crippen molar-refractivity contribution in [3.8, 4) is 5.75 Å². The number of rotatable bonds is 8. The van der Waals surface area contributed by atoms with E-state index in [0.717, 1.165) is 17.4 Å². The maximum atomic E-state index is 13.1. The van der Waals surface area contributed by atoms with Crippen LogP contribution in [-0.4, -0.2) is 32.7 Å². The van der Waals surface area contributed by atoms with Crippen LogP contribution in [0.25, 0.3) is 0 Å². The lowest BCUT2D eigenvalue weighted by atomic mass is 10.1. The van der Waals surface area contributed by atoms with Gasteiger partial charge in [-0.3, -0.25) is 9.10 Å². The van der Waals surface area contributed by atoms with Crippen molar-refractivity contribution in [2.24, 2.45) is 0 Å². The van der Waals surface area contributed by atoms with Gasteiger partial charge >= 0.3 is 0 Å². The summed E-state index contributed by atoms with van der Waals surface area (Å²) in [4.78, 5) is 13.1. The molecule has 0 saturated carbocycles. The molecule has 1 amide bonds. The van der Waals surface area contributed by atoms with Gasteiger partial charge in [0.15, 0.2) is 0 Å². The average molecular weight is 419 g/mol. The van der Waals surface area contributed by atoms with E-state index < -0.39 is 16.1 Å². The third-order valence-corrected chi connectivity index (χ3v) is 5.57. The van der Waals surface area contributed by atoms with E-state index in [-0.39, 0.29) is 12.0 Å². The standard InChI is InChI=1S/C22H30N2O4S/c1-7-20(22(25)23-18-9-8-10-19(14-18)28-15(2)3)24(29(6,26)27)21-13-16(4)11-12-17(21)5/h8-15,20H,7H2,1-6H3,(H,23,25)/t20-/m0/s1. The van der Waals surface area contributed by atoms with Crippen LogP contribution in [0.15, 0.2) is 42.5 Å². The molecule has 0 aliphatic heterocycles. The van der Waals surface area contributed by atoms with Crippen molar-refractivity contribution in [2.45, 2.75) is 53.2 Å². The van der Waals surface area contributed by atoms with Crippen LogP contribution in [0.5, 0.6) is 5.75 Å². The van der Waals surface area contributed by atoms with Gasteiger partial charge in [0.25, 0.3) is 0 Å². The Hall–Kier alpha value is -2.54. The fourth-order valence-electron chi connectivity index (χ4n) is 3.14. The Bertz CT molecular complexity index is 971. The lowest BCUT2D eigenvalue weighted by Crippen LogP contribution is -2.47. The number of hydrogen-bond acceptors (Lipinski definition) is 4. The number of hydrogen-bond donors (Lipinski definition) is 1. The summed E-state index contributed by atoms with van der Waals surface area (Å²) in [5.41, 5.74) is 2.79. The van der Waals surface area contributed by atoms with E-state index in [2.05, 4.69) is 5.32 Å². The third kappa shape index (κ3) is 5.97. The molecule has 1 atom stereocenters. The second kappa shape index (κ2) is 9.31. The predicted molar refractivity (Wildman–Crippen MR) is 118 cm³/mol. The summed E-state index contributed by atoms with van der Waals surface area (Å²) in [5.74, 6) is 0.251. The SMILES string of the molecule is CC[C@@H](C(=O)Nc1cccc(OC(C)C)c1)N(c1cc(C)ccc1C)S(C)(=O)=O. The number of anilines is 2. The minimum absolute atomic E-state index is 0.00867. The summed E-state index contributed by atoms with van der Waals surface area (Å²) >= 11 is 0. The average Bonchev–Trinajstić information content (AvgIpc) is 2.60. The van der Waals surface area contributed by atoms with Crippen LogP contribution in [0.1, 0.15) is 38.3 Å². The molecule has 2 aromatic rings. The van der Waals surface area contributed by atoms with Crippen LogP contribution in [0.4, 0.5) is 11.4 Å². The van der Waals surface area contributed by atoms with Crippen LogP contribution in [0.2, 0.25) is 0 Å². The van der Waals surface area contributed by atoms with E-state index in [4.69, 9.17) is 4.74 Å². The normalized spacial score (nSPS) is 12.5. The number of carbonyl (C=O) groups is 1. The Morgan fingerprint density at radius 2 is 1.83 bits per heavy atom. The van der Waals surface area contributed by atoms with Crippen LogP contribution in [-0.2, 0) is 14.8 Å². The van der Waals surface area contributed by atoms with Crippen LogP contribution in [0, 0.1) is 13.8 Å². The smallest absolute Gasteiger partial charge is 0.248 e. The lowest BCUT2D eigenvalue weighted by molar-refractivity contribution is -0.117. The molecule has 0 saturated heterocycles. The highest BCUT2D eigenvalue weighted by Gasteiger charge is 2.32. The molecule has 0 unspecified atom stereocenters. The summed E-state index contributed by atoms with van der Waals surface area (Å²) in [6.45, 7) is 9.37. The summed E-state index contributed by atoms with van der Waals surface area (Å²) in [6, 6.07) is 11.8. The highest BCUT2D eigenvalue weighted by Crippen LogP contribution is 2.28. The molecule has 0 aliphatic rings. The molecule has 6 nitrogen and oxygen atoms in total. The van der Waals surface area contributed by atoms with Crippen molar-refractivity contribution in [2.75, 3.05) is 15.9 Å². The number of carbonyl (C=O) groups excluding carboxylic acids is 1. The molecule has 0 bridgehead atoms. The largest absolute Gasteiger partial charge is 0.491 e. The molecule has 158 valence electrons. The van der Waals surface area contributed by atoms with Crippen LogP contribution >= 0.6 is 0 Å². The highest BCUT2D eigenvalue weighted by molar-refractivity contribution is 7.92. The molecule has 0 spiro atoms. The Balaban J connectivity index is 2.38. The predicted octanol–water partition coefficient (Wildman–Crippen LogP) is 4.27. The number of benzene rings is 2. The Labute approximate surface area is 173 Å². The van der Waals surface area contributed by atoms with Gasteiger partial charge in [-0.05, 0) is 63.4 Å². The molecule has 0 aromatic heterocycles. The number of amides is 1. The second-order valence-corrected chi connectivity index (χ2v) is 9.32. The second-order valence-electron chi connectivity index (χ2n) is 7.46. The van der Waals surface area contributed by atoms with Crippen LogP contribution in [0.3, 0.4) is 0 Å². The van der Waals surface area contributed by atoms with Gasteiger partial charge in [-0.25, -0.2) is 8.42 Å². The topological polar surface area (TPSA) is 75.7 Å². The van der Waals surface area contributed by atoms with E-state index in [1.54, 1.807) is 31.2 Å². The highest BCUT2D eigenvalue weighted by atomic mass is 32.2. The van der Waals surface area contributed by atoms with E-state index in [0.29, 0.717) is 23.5 Å². The van der Waals surface area contributed by atoms with E-state index in [1.165, 1.54) is 4.31 Å². The molecule has 1 N–H and O–H groups in total. The van der Waals surface area contributed by atoms with Gasteiger partial charge in [-0.1, -0.05) is 25.1 Å². The van der Waals surface area contributed by atoms with E-state index in [9.17, 15) is 13.2 Å². The van der Waals surface area contributed by atoms with E-state index in [1.807, 2.05) is 45.9 Å². The van der Waals surface area contributed by atoms with Gasteiger partial charge < -0.3 is 10.1 Å². The quantitative estimate of drug-likeness (QED) is 0.694. The minimum Gasteiger partial charge on any atom is -0.491 e. The monoisotopic (exact) mass is 418 g/mol. The zero-order valence-electron chi connectivity index (χ0n) is 17.9.